The van der Waals surface area contributed by atoms with E-state index in [9.17, 15) is 0 Å². The quantitative estimate of drug-likeness (QED) is 0.604. The van der Waals surface area contributed by atoms with E-state index >= 15 is 0 Å². The summed E-state index contributed by atoms with van der Waals surface area (Å²) in [4.78, 5) is 0. The average Bonchev–Trinajstić information content (AvgIpc) is 3.18. The Bertz CT molecular complexity index is 841. The van der Waals surface area contributed by atoms with Gasteiger partial charge in [0, 0.05) is 11.3 Å². The SMILES string of the molecule is COc1ccc(-n2cc(-c3ccc(C)cc3)[n+]3c2SCC3)cc1.[Br-]. The second kappa shape index (κ2) is 7.03. The zero-order valence-corrected chi connectivity index (χ0v) is 16.1. The summed E-state index contributed by atoms with van der Waals surface area (Å²) in [7, 11) is 1.70. The Hall–Kier alpha value is -1.72. The number of ether oxygens (including phenoxy) is 1. The van der Waals surface area contributed by atoms with Crippen molar-refractivity contribution in [3.8, 4) is 22.7 Å². The molecule has 0 fully saturated rings. The minimum atomic E-state index is 0. The number of aromatic nitrogens is 2. The molecule has 0 spiro atoms. The molecule has 0 N–H and O–H groups in total. The fourth-order valence-electron chi connectivity index (χ4n) is 2.95. The second-order valence-corrected chi connectivity index (χ2v) is 6.79. The summed E-state index contributed by atoms with van der Waals surface area (Å²) in [5.74, 6) is 2.02. The topological polar surface area (TPSA) is 18.0 Å². The summed E-state index contributed by atoms with van der Waals surface area (Å²) in [6, 6.07) is 17.0. The number of imidazole rings is 1. The van der Waals surface area contributed by atoms with Crippen LogP contribution in [0.3, 0.4) is 0 Å². The Kier molecular flexibility index (Phi) is 5.01. The van der Waals surface area contributed by atoms with Gasteiger partial charge >= 0.3 is 5.16 Å². The molecule has 2 heterocycles. The molecule has 0 saturated carbocycles. The van der Waals surface area contributed by atoms with Crippen molar-refractivity contribution in [3.63, 3.8) is 0 Å². The molecule has 0 amide bonds. The first kappa shape index (κ1) is 17.1. The molecule has 0 aliphatic carbocycles. The number of nitrogens with zero attached hydrogens (tertiary/aromatic N) is 2. The average molecular weight is 403 g/mol. The summed E-state index contributed by atoms with van der Waals surface area (Å²) in [5.41, 5.74) is 5.01. The lowest BCUT2D eigenvalue weighted by Gasteiger charge is -2.01. The fourth-order valence-corrected chi connectivity index (χ4v) is 4.05. The highest BCUT2D eigenvalue weighted by Gasteiger charge is 2.30. The van der Waals surface area contributed by atoms with Crippen molar-refractivity contribution in [3.05, 3.63) is 60.3 Å². The van der Waals surface area contributed by atoms with E-state index in [4.69, 9.17) is 4.74 Å². The number of hydrogen-bond acceptors (Lipinski definition) is 2. The highest BCUT2D eigenvalue weighted by Crippen LogP contribution is 2.30. The Labute approximate surface area is 157 Å². The first-order chi connectivity index (χ1) is 11.3. The Balaban J connectivity index is 0.00000169. The van der Waals surface area contributed by atoms with Crippen LogP contribution >= 0.6 is 11.8 Å². The normalized spacial score (nSPS) is 12.6. The molecule has 0 radical (unpaired) electrons. The number of halogens is 1. The number of methoxy groups -OCH3 is 1. The van der Waals surface area contributed by atoms with Crippen LogP contribution in [0.1, 0.15) is 5.56 Å². The first-order valence-corrected chi connectivity index (χ1v) is 8.74. The van der Waals surface area contributed by atoms with Gasteiger partial charge in [-0.2, -0.15) is 4.57 Å². The van der Waals surface area contributed by atoms with Gasteiger partial charge < -0.3 is 21.7 Å². The van der Waals surface area contributed by atoms with Crippen LogP contribution in [0.25, 0.3) is 16.9 Å². The molecule has 0 unspecified atom stereocenters. The van der Waals surface area contributed by atoms with Crippen LogP contribution < -0.4 is 26.3 Å². The van der Waals surface area contributed by atoms with Gasteiger partial charge in [0.05, 0.1) is 7.11 Å². The molecule has 0 bridgehead atoms. The lowest BCUT2D eigenvalue weighted by molar-refractivity contribution is -0.713. The molecule has 1 aromatic heterocycles. The minimum absolute atomic E-state index is 0. The molecular formula is C19H19BrN2OS. The molecule has 1 aliphatic heterocycles. The summed E-state index contributed by atoms with van der Waals surface area (Å²) >= 11 is 1.91. The van der Waals surface area contributed by atoms with Crippen LogP contribution in [0.4, 0.5) is 0 Å². The maximum atomic E-state index is 5.26. The molecule has 0 saturated heterocycles. The van der Waals surface area contributed by atoms with E-state index in [2.05, 4.69) is 58.7 Å². The van der Waals surface area contributed by atoms with Crippen molar-refractivity contribution in [2.45, 2.75) is 18.6 Å². The third-order valence-electron chi connectivity index (χ3n) is 4.22. The second-order valence-electron chi connectivity index (χ2n) is 5.73. The number of benzene rings is 2. The van der Waals surface area contributed by atoms with Crippen molar-refractivity contribution < 1.29 is 26.3 Å². The highest BCUT2D eigenvalue weighted by molar-refractivity contribution is 7.99. The summed E-state index contributed by atoms with van der Waals surface area (Å²) in [5, 5.41) is 1.30. The van der Waals surface area contributed by atoms with Crippen molar-refractivity contribution in [1.29, 1.82) is 0 Å². The van der Waals surface area contributed by atoms with Gasteiger partial charge in [0.15, 0.2) is 5.69 Å². The first-order valence-electron chi connectivity index (χ1n) is 7.76. The maximum absolute atomic E-state index is 5.26. The Morgan fingerprint density at radius 3 is 2.42 bits per heavy atom. The zero-order valence-electron chi connectivity index (χ0n) is 13.7. The smallest absolute Gasteiger partial charge is 0.323 e. The number of fused-ring (bicyclic) bond motifs is 1. The van der Waals surface area contributed by atoms with Crippen molar-refractivity contribution >= 4 is 11.8 Å². The maximum Gasteiger partial charge on any atom is 0.323 e. The number of rotatable bonds is 3. The van der Waals surface area contributed by atoms with E-state index in [0.717, 1.165) is 18.0 Å². The summed E-state index contributed by atoms with van der Waals surface area (Å²) in [6.07, 6.45) is 2.24. The van der Waals surface area contributed by atoms with Crippen LogP contribution in [0, 0.1) is 6.92 Å². The van der Waals surface area contributed by atoms with Crippen LogP contribution in [-0.2, 0) is 6.54 Å². The third-order valence-corrected chi connectivity index (χ3v) is 5.29. The van der Waals surface area contributed by atoms with Crippen LogP contribution in [0.2, 0.25) is 0 Å². The van der Waals surface area contributed by atoms with Crippen molar-refractivity contribution in [2.75, 3.05) is 12.9 Å². The molecule has 4 rings (SSSR count). The standard InChI is InChI=1S/C19H19N2OS.BrH/c1-14-3-5-15(6-4-14)18-13-21(19-20(18)11-12-23-19)16-7-9-17(22-2)10-8-16;/h3-10,13H,11-12H2,1-2H3;1H/q+1;/p-1. The van der Waals surface area contributed by atoms with Gasteiger partial charge in [0.25, 0.3) is 0 Å². The summed E-state index contributed by atoms with van der Waals surface area (Å²) in [6.45, 7) is 3.19. The molecule has 2 aromatic carbocycles. The van der Waals surface area contributed by atoms with Crippen molar-refractivity contribution in [2.24, 2.45) is 0 Å². The predicted molar refractivity (Wildman–Crippen MR) is 93.4 cm³/mol. The van der Waals surface area contributed by atoms with Crippen LogP contribution in [0.5, 0.6) is 5.75 Å². The van der Waals surface area contributed by atoms with Crippen molar-refractivity contribution in [1.82, 2.24) is 4.57 Å². The molecule has 0 atom stereocenters. The molecule has 5 heteroatoms. The highest BCUT2D eigenvalue weighted by atomic mass is 79.9. The number of thioether (sulfide) groups is 1. The van der Waals surface area contributed by atoms with Gasteiger partial charge in [-0.05, 0) is 43.0 Å². The molecule has 24 heavy (non-hydrogen) atoms. The van der Waals surface area contributed by atoms with Crippen LogP contribution in [-0.4, -0.2) is 17.4 Å². The van der Waals surface area contributed by atoms with E-state index in [0.29, 0.717) is 0 Å². The van der Waals surface area contributed by atoms with E-state index in [1.165, 1.54) is 27.7 Å². The number of aryl methyl sites for hydroxylation is 1. The van der Waals surface area contributed by atoms with E-state index in [-0.39, 0.29) is 17.0 Å². The van der Waals surface area contributed by atoms with Gasteiger partial charge in [-0.1, -0.05) is 29.8 Å². The lowest BCUT2D eigenvalue weighted by Crippen LogP contribution is -3.00. The predicted octanol–water partition coefficient (Wildman–Crippen LogP) is 0.859. The van der Waals surface area contributed by atoms with Gasteiger partial charge in [0.2, 0.25) is 0 Å². The monoisotopic (exact) mass is 402 g/mol. The van der Waals surface area contributed by atoms with E-state index in [1.54, 1.807) is 7.11 Å². The molecular weight excluding hydrogens is 384 g/mol. The van der Waals surface area contributed by atoms with Crippen LogP contribution in [0.15, 0.2) is 59.9 Å². The Morgan fingerprint density at radius 1 is 1.04 bits per heavy atom. The fraction of sp³-hybridized carbons (Fsp3) is 0.211. The molecule has 3 nitrogen and oxygen atoms in total. The molecule has 3 aromatic rings. The summed E-state index contributed by atoms with van der Waals surface area (Å²) < 4.78 is 9.96. The van der Waals surface area contributed by atoms with Gasteiger partial charge in [-0.25, -0.2) is 4.57 Å². The Morgan fingerprint density at radius 2 is 1.75 bits per heavy atom. The lowest BCUT2D eigenvalue weighted by atomic mass is 10.1. The minimum Gasteiger partial charge on any atom is -1.00 e. The van der Waals surface area contributed by atoms with E-state index < -0.39 is 0 Å². The van der Waals surface area contributed by atoms with Gasteiger partial charge in [-0.15, -0.1) is 0 Å². The van der Waals surface area contributed by atoms with E-state index in [1.807, 2.05) is 23.9 Å². The van der Waals surface area contributed by atoms with Gasteiger partial charge in [0.1, 0.15) is 24.2 Å². The number of hydrogen-bond donors (Lipinski definition) is 0. The van der Waals surface area contributed by atoms with Gasteiger partial charge in [-0.3, -0.25) is 0 Å². The zero-order chi connectivity index (χ0) is 15.8. The third kappa shape index (κ3) is 2.98. The molecule has 124 valence electrons. The largest absolute Gasteiger partial charge is 1.00 e. The molecule has 1 aliphatic rings.